The van der Waals surface area contributed by atoms with Crippen LogP contribution in [-0.4, -0.2) is 23.1 Å². The van der Waals surface area contributed by atoms with Crippen molar-refractivity contribution < 1.29 is 19.2 Å². The number of hydrogen-bond acceptors (Lipinski definition) is 6. The van der Waals surface area contributed by atoms with E-state index in [2.05, 4.69) is 76.2 Å². The lowest BCUT2D eigenvalue weighted by atomic mass is 9.65. The van der Waals surface area contributed by atoms with Crippen LogP contribution in [0.4, 0.5) is 0 Å². The first-order valence-electron chi connectivity index (χ1n) is 23.0. The number of rotatable bonds is 16. The number of ketones is 4. The predicted molar refractivity (Wildman–Crippen MR) is 261 cm³/mol. The zero-order chi connectivity index (χ0) is 43.8. The first kappa shape index (κ1) is 42.7. The van der Waals surface area contributed by atoms with E-state index in [4.69, 9.17) is 0 Å². The molecule has 3 aliphatic rings. The normalized spacial score (nSPS) is 15.7. The van der Waals surface area contributed by atoms with Crippen molar-refractivity contribution in [3.05, 3.63) is 163 Å². The molecule has 2 unspecified atom stereocenters. The van der Waals surface area contributed by atoms with E-state index in [1.807, 2.05) is 36.4 Å². The van der Waals surface area contributed by atoms with Crippen molar-refractivity contribution in [1.29, 1.82) is 0 Å². The van der Waals surface area contributed by atoms with Gasteiger partial charge >= 0.3 is 0 Å². The Morgan fingerprint density at radius 1 is 0.476 bits per heavy atom. The highest BCUT2D eigenvalue weighted by Crippen LogP contribution is 2.58. The monoisotopic (exact) mass is 866 g/mol. The first-order valence-corrected chi connectivity index (χ1v) is 24.6. The van der Waals surface area contributed by atoms with Crippen molar-refractivity contribution in [2.75, 3.05) is 0 Å². The highest BCUT2D eigenvalue weighted by Gasteiger charge is 2.46. The van der Waals surface area contributed by atoms with Gasteiger partial charge in [0.2, 0.25) is 0 Å². The van der Waals surface area contributed by atoms with E-state index >= 15 is 0 Å². The van der Waals surface area contributed by atoms with Gasteiger partial charge in [0.25, 0.3) is 0 Å². The van der Waals surface area contributed by atoms with Crippen LogP contribution >= 0.6 is 22.7 Å². The Balaban J connectivity index is 1.13. The van der Waals surface area contributed by atoms with Crippen LogP contribution in [0.15, 0.2) is 120 Å². The number of carbonyl (C=O) groups excluding carboxylic acids is 4. The van der Waals surface area contributed by atoms with E-state index in [1.165, 1.54) is 60.8 Å². The molecule has 0 N–H and O–H groups in total. The van der Waals surface area contributed by atoms with E-state index < -0.39 is 0 Å². The summed E-state index contributed by atoms with van der Waals surface area (Å²) in [5, 5.41) is 0. The Labute approximate surface area is 379 Å². The zero-order valence-corrected chi connectivity index (χ0v) is 38.4. The van der Waals surface area contributed by atoms with E-state index in [0.29, 0.717) is 34.1 Å². The van der Waals surface area contributed by atoms with Crippen LogP contribution in [0.5, 0.6) is 0 Å². The number of hydrogen-bond donors (Lipinski definition) is 0. The van der Waals surface area contributed by atoms with Crippen molar-refractivity contribution in [2.45, 2.75) is 97.3 Å². The van der Waals surface area contributed by atoms with Crippen molar-refractivity contribution in [3.8, 4) is 32.0 Å². The van der Waals surface area contributed by atoms with Gasteiger partial charge in [-0.3, -0.25) is 19.2 Å². The molecule has 0 fully saturated rings. The molecule has 0 saturated heterocycles. The van der Waals surface area contributed by atoms with E-state index in [9.17, 15) is 19.2 Å². The van der Waals surface area contributed by atoms with Crippen LogP contribution in [-0.2, 0) is 5.41 Å². The minimum absolute atomic E-state index is 0.201. The molecule has 63 heavy (non-hydrogen) atoms. The number of Topliss-reactive ketones (excluding diaryl/α,β-unsaturated/α-hetero) is 4. The molecule has 0 saturated carbocycles. The topological polar surface area (TPSA) is 68.3 Å². The second-order valence-corrected chi connectivity index (χ2v) is 20.0. The van der Waals surface area contributed by atoms with Crippen LogP contribution in [0.1, 0.15) is 154 Å². The Kier molecular flexibility index (Phi) is 12.1. The lowest BCUT2D eigenvalue weighted by Crippen LogP contribution is -2.31. The van der Waals surface area contributed by atoms with Gasteiger partial charge in [0.1, 0.15) is 0 Å². The van der Waals surface area contributed by atoms with Crippen molar-refractivity contribution in [3.63, 3.8) is 0 Å². The Morgan fingerprint density at radius 2 is 0.857 bits per heavy atom. The third kappa shape index (κ3) is 7.80. The molecule has 2 aromatic heterocycles. The molecule has 0 aliphatic heterocycles. The predicted octanol–water partition coefficient (Wildman–Crippen LogP) is 15.5. The molecule has 6 heteroatoms. The van der Waals surface area contributed by atoms with Crippen molar-refractivity contribution >= 4 is 58.0 Å². The second kappa shape index (κ2) is 17.9. The van der Waals surface area contributed by atoms with Crippen LogP contribution in [0, 0.1) is 11.8 Å². The van der Waals surface area contributed by atoms with Gasteiger partial charge in [-0.2, -0.15) is 0 Å². The quantitative estimate of drug-likeness (QED) is 0.0718. The number of unbranched alkanes of at least 4 members (excludes halogenated alkanes) is 2. The Morgan fingerprint density at radius 3 is 1.21 bits per heavy atom. The molecule has 0 amide bonds. The maximum Gasteiger partial charge on any atom is 0.197 e. The van der Waals surface area contributed by atoms with Gasteiger partial charge in [0.05, 0.1) is 11.1 Å². The molecule has 318 valence electrons. The molecular weight excluding hydrogens is 813 g/mol. The van der Waals surface area contributed by atoms with Crippen LogP contribution in [0.3, 0.4) is 0 Å². The van der Waals surface area contributed by atoms with Gasteiger partial charge in [-0.05, 0) is 107 Å². The highest BCUT2D eigenvalue weighted by atomic mass is 32.1. The molecule has 2 heterocycles. The van der Waals surface area contributed by atoms with Gasteiger partial charge in [-0.1, -0.05) is 152 Å². The second-order valence-electron chi connectivity index (χ2n) is 17.8. The summed E-state index contributed by atoms with van der Waals surface area (Å²) < 4.78 is 0. The molecule has 0 radical (unpaired) electrons. The third-order valence-corrected chi connectivity index (χ3v) is 16.1. The van der Waals surface area contributed by atoms with Gasteiger partial charge < -0.3 is 0 Å². The number of fused-ring (bicyclic) bond motifs is 5. The zero-order valence-electron chi connectivity index (χ0n) is 36.7. The van der Waals surface area contributed by atoms with Gasteiger partial charge in [-0.25, -0.2) is 0 Å². The fraction of sp³-hybridized carbons (Fsp3) is 0.298. The summed E-state index contributed by atoms with van der Waals surface area (Å²) in [6.45, 7) is 9.33. The summed E-state index contributed by atoms with van der Waals surface area (Å²) in [6.07, 6.45) is 15.2. The molecule has 0 bridgehead atoms. The number of benzene rings is 4. The van der Waals surface area contributed by atoms with Crippen molar-refractivity contribution in [2.24, 2.45) is 11.8 Å². The summed E-state index contributed by atoms with van der Waals surface area (Å²) in [7, 11) is 0. The lowest BCUT2D eigenvalue weighted by molar-refractivity contribution is 0.0975. The summed E-state index contributed by atoms with van der Waals surface area (Å²) in [6, 6.07) is 36.7. The van der Waals surface area contributed by atoms with E-state index in [1.54, 1.807) is 59.1 Å². The van der Waals surface area contributed by atoms with Gasteiger partial charge in [-0.15, -0.1) is 22.7 Å². The van der Waals surface area contributed by atoms with E-state index in [-0.39, 0.29) is 39.7 Å². The molecule has 4 nitrogen and oxygen atoms in total. The molecule has 6 aromatic rings. The minimum Gasteiger partial charge on any atom is -0.288 e. The molecule has 3 aliphatic carbocycles. The number of carbonyl (C=O) groups is 4. The minimum atomic E-state index is -0.202. The van der Waals surface area contributed by atoms with Crippen LogP contribution in [0.2, 0.25) is 0 Å². The maximum atomic E-state index is 13.3. The standard InChI is InChI=1S/C57H54O4S2/c1-5-9-15-35(7-3)33-57(34-36(8-4)16-10-6-2)49-29-37(51-27-23-39(62-51)31-47-53(58)43-17-11-12-18-44(43)54(47)59)21-25-41(49)42-26-22-38(30-50(42)57)52-28-24-40(63-52)32-48-55(60)45-19-13-14-20-46(45)56(48)61/h11-14,17-32,35-36H,5-10,15-16,33-34H2,1-4H3. The maximum absolute atomic E-state index is 13.3. The first-order chi connectivity index (χ1) is 30.7. The lowest BCUT2D eigenvalue weighted by Gasteiger charge is -2.39. The largest absolute Gasteiger partial charge is 0.288 e. The average Bonchev–Trinajstić information content (AvgIpc) is 4.13. The average molecular weight is 867 g/mol. The Bertz CT molecular complexity index is 2580. The fourth-order valence-electron chi connectivity index (χ4n) is 10.5. The number of thiophene rings is 2. The summed E-state index contributed by atoms with van der Waals surface area (Å²) in [5.41, 5.74) is 9.96. The Hall–Kier alpha value is -5.56. The molecule has 4 aromatic carbocycles. The van der Waals surface area contributed by atoms with Crippen molar-refractivity contribution in [1.82, 2.24) is 0 Å². The highest BCUT2D eigenvalue weighted by molar-refractivity contribution is 7.16. The number of allylic oxidation sites excluding steroid dienone is 2. The van der Waals surface area contributed by atoms with Crippen LogP contribution < -0.4 is 0 Å². The molecule has 0 spiro atoms. The van der Waals surface area contributed by atoms with Crippen LogP contribution in [0.25, 0.3) is 44.2 Å². The summed E-state index contributed by atoms with van der Waals surface area (Å²) >= 11 is 3.26. The fourth-order valence-corrected chi connectivity index (χ4v) is 12.4. The summed E-state index contributed by atoms with van der Waals surface area (Å²) in [4.78, 5) is 57.2. The van der Waals surface area contributed by atoms with E-state index in [0.717, 1.165) is 56.3 Å². The third-order valence-electron chi connectivity index (χ3n) is 13.9. The molecule has 2 atom stereocenters. The SMILES string of the molecule is CCCCC(CC)CC1(CC(CC)CCCC)c2cc(-c3ccc(C=C4C(=O)c5ccccc5C4=O)s3)ccc2-c2ccc(-c3ccc(C=C4C(=O)c5ccccc5C4=O)s3)cc21. The van der Waals surface area contributed by atoms with Gasteiger partial charge in [0, 0.05) is 47.2 Å². The smallest absolute Gasteiger partial charge is 0.197 e. The summed E-state index contributed by atoms with van der Waals surface area (Å²) in [5.74, 6) is 0.327. The molecular formula is C57H54O4S2. The van der Waals surface area contributed by atoms with Gasteiger partial charge in [0.15, 0.2) is 23.1 Å². The molecule has 9 rings (SSSR count).